The Morgan fingerprint density at radius 2 is 1.20 bits per heavy atom. The Hall–Kier alpha value is -5.35. The van der Waals surface area contributed by atoms with E-state index in [1.165, 1.54) is 5.56 Å². The fraction of sp³-hybridized carbons (Fsp3) is 0.0541. The summed E-state index contributed by atoms with van der Waals surface area (Å²) in [7, 11) is 0. The van der Waals surface area contributed by atoms with Gasteiger partial charge in [-0.1, -0.05) is 127 Å². The van der Waals surface area contributed by atoms with Gasteiger partial charge in [0, 0.05) is 39.3 Å². The zero-order chi connectivity index (χ0) is 27.2. The second-order valence-corrected chi connectivity index (χ2v) is 10.4. The van der Waals surface area contributed by atoms with E-state index in [9.17, 15) is 0 Å². The standard InChI is InChI=1S/C37H25N3O/c1-2-9-24(10-3-1)26-17-20-27(21-18-26)35-38-36(29-22-19-25-11-4-5-12-28(25)23-29)40-37(39-35)31-14-8-16-33-34(31)30-13-6-7-15-32(30)41-33/h1-23,25,28H. The Labute approximate surface area is 237 Å². The van der Waals surface area contributed by atoms with Gasteiger partial charge in [-0.15, -0.1) is 0 Å². The molecule has 0 aliphatic heterocycles. The molecule has 6 aromatic rings. The molecule has 4 heteroatoms. The quantitative estimate of drug-likeness (QED) is 0.229. The fourth-order valence-corrected chi connectivity index (χ4v) is 5.79. The molecule has 2 heterocycles. The lowest BCUT2D eigenvalue weighted by molar-refractivity contribution is 0.662. The Morgan fingerprint density at radius 3 is 2.07 bits per heavy atom. The second kappa shape index (κ2) is 9.68. The number of nitrogens with zero attached hydrogens (tertiary/aromatic N) is 3. The normalized spacial score (nSPS) is 17.6. The van der Waals surface area contributed by atoms with Gasteiger partial charge >= 0.3 is 0 Å². The van der Waals surface area contributed by atoms with Gasteiger partial charge in [-0.2, -0.15) is 0 Å². The van der Waals surface area contributed by atoms with E-state index in [2.05, 4.69) is 103 Å². The molecule has 2 aliphatic rings. The van der Waals surface area contributed by atoms with Crippen molar-refractivity contribution in [3.8, 4) is 33.9 Å². The van der Waals surface area contributed by atoms with E-state index in [1.807, 2.05) is 36.4 Å². The highest BCUT2D eigenvalue weighted by atomic mass is 16.3. The maximum Gasteiger partial charge on any atom is 0.164 e. The average Bonchev–Trinajstić information content (AvgIpc) is 3.44. The zero-order valence-electron chi connectivity index (χ0n) is 22.2. The van der Waals surface area contributed by atoms with Crippen molar-refractivity contribution >= 4 is 27.5 Å². The van der Waals surface area contributed by atoms with E-state index < -0.39 is 0 Å². The minimum atomic E-state index is 0.287. The van der Waals surface area contributed by atoms with Crippen LogP contribution in [-0.2, 0) is 0 Å². The Kier molecular flexibility index (Phi) is 5.56. The van der Waals surface area contributed by atoms with Gasteiger partial charge in [0.2, 0.25) is 0 Å². The van der Waals surface area contributed by atoms with Crippen LogP contribution in [0.25, 0.3) is 61.4 Å². The predicted molar refractivity (Wildman–Crippen MR) is 166 cm³/mol. The van der Waals surface area contributed by atoms with Gasteiger partial charge in [-0.05, 0) is 23.3 Å². The summed E-state index contributed by atoms with van der Waals surface area (Å²) in [6.45, 7) is 0. The number of fused-ring (bicyclic) bond motifs is 4. The van der Waals surface area contributed by atoms with Crippen LogP contribution in [0, 0.1) is 11.8 Å². The van der Waals surface area contributed by atoms with Crippen LogP contribution in [-0.4, -0.2) is 15.0 Å². The molecular weight excluding hydrogens is 502 g/mol. The molecule has 0 saturated carbocycles. The summed E-state index contributed by atoms with van der Waals surface area (Å²) in [5.41, 5.74) is 6.87. The van der Waals surface area contributed by atoms with Crippen LogP contribution >= 0.6 is 0 Å². The van der Waals surface area contributed by atoms with E-state index in [1.54, 1.807) is 0 Å². The molecule has 2 aromatic heterocycles. The third-order valence-corrected chi connectivity index (χ3v) is 7.88. The van der Waals surface area contributed by atoms with Crippen LogP contribution in [0.15, 0.2) is 144 Å². The largest absolute Gasteiger partial charge is 0.456 e. The van der Waals surface area contributed by atoms with E-state index in [-0.39, 0.29) is 5.92 Å². The monoisotopic (exact) mass is 527 g/mol. The van der Waals surface area contributed by atoms with Crippen molar-refractivity contribution in [1.29, 1.82) is 0 Å². The zero-order valence-corrected chi connectivity index (χ0v) is 22.2. The van der Waals surface area contributed by atoms with Gasteiger partial charge < -0.3 is 4.42 Å². The first kappa shape index (κ1) is 23.5. The van der Waals surface area contributed by atoms with Crippen LogP contribution in [0.1, 0.15) is 5.82 Å². The highest BCUT2D eigenvalue weighted by Crippen LogP contribution is 2.37. The fourth-order valence-electron chi connectivity index (χ4n) is 5.79. The summed E-state index contributed by atoms with van der Waals surface area (Å²) in [5.74, 6) is 2.59. The molecule has 2 aliphatic carbocycles. The van der Waals surface area contributed by atoms with Crippen molar-refractivity contribution in [3.05, 3.63) is 145 Å². The van der Waals surface area contributed by atoms with Gasteiger partial charge in [0.25, 0.3) is 0 Å². The Balaban J connectivity index is 1.30. The van der Waals surface area contributed by atoms with Crippen LogP contribution in [0.5, 0.6) is 0 Å². The molecule has 41 heavy (non-hydrogen) atoms. The highest BCUT2D eigenvalue weighted by molar-refractivity contribution is 6.11. The topological polar surface area (TPSA) is 51.8 Å². The highest BCUT2D eigenvalue weighted by Gasteiger charge is 2.22. The van der Waals surface area contributed by atoms with E-state index in [0.29, 0.717) is 23.4 Å². The summed E-state index contributed by atoms with van der Waals surface area (Å²) in [4.78, 5) is 15.1. The molecular formula is C37H25N3O. The molecule has 0 bridgehead atoms. The third kappa shape index (κ3) is 4.21. The van der Waals surface area contributed by atoms with Crippen molar-refractivity contribution in [3.63, 3.8) is 0 Å². The molecule has 0 radical (unpaired) electrons. The number of aromatic nitrogens is 3. The molecule has 0 N–H and O–H groups in total. The smallest absolute Gasteiger partial charge is 0.164 e. The lowest BCUT2D eigenvalue weighted by atomic mass is 9.83. The van der Waals surface area contributed by atoms with Crippen LogP contribution in [0.2, 0.25) is 0 Å². The van der Waals surface area contributed by atoms with Crippen molar-refractivity contribution in [2.45, 2.75) is 0 Å². The van der Waals surface area contributed by atoms with Crippen LogP contribution in [0.3, 0.4) is 0 Å². The minimum absolute atomic E-state index is 0.287. The van der Waals surface area contributed by atoms with Gasteiger partial charge in [0.05, 0.1) is 0 Å². The number of benzene rings is 4. The number of para-hydroxylation sites is 1. The summed E-state index contributed by atoms with van der Waals surface area (Å²) in [6, 6.07) is 33.0. The summed E-state index contributed by atoms with van der Waals surface area (Å²) in [6.07, 6.45) is 15.3. The lowest BCUT2D eigenvalue weighted by Crippen LogP contribution is -2.12. The maximum absolute atomic E-state index is 6.18. The molecule has 0 spiro atoms. The molecule has 4 nitrogen and oxygen atoms in total. The molecule has 2 unspecified atom stereocenters. The first-order chi connectivity index (χ1) is 20.3. The van der Waals surface area contributed by atoms with Crippen LogP contribution in [0.4, 0.5) is 0 Å². The summed E-state index contributed by atoms with van der Waals surface area (Å²) >= 11 is 0. The molecule has 0 saturated heterocycles. The molecule has 0 fully saturated rings. The van der Waals surface area contributed by atoms with Gasteiger partial charge in [-0.3, -0.25) is 0 Å². The van der Waals surface area contributed by atoms with Crippen molar-refractivity contribution < 1.29 is 4.42 Å². The van der Waals surface area contributed by atoms with Crippen molar-refractivity contribution in [2.24, 2.45) is 11.8 Å². The Morgan fingerprint density at radius 1 is 0.512 bits per heavy atom. The Bertz CT molecular complexity index is 2050. The molecule has 2 atom stereocenters. The predicted octanol–water partition coefficient (Wildman–Crippen LogP) is 9.08. The van der Waals surface area contributed by atoms with Crippen molar-refractivity contribution in [2.75, 3.05) is 0 Å². The molecule has 194 valence electrons. The summed E-state index contributed by atoms with van der Waals surface area (Å²) in [5, 5.41) is 2.06. The number of allylic oxidation sites excluding steroid dienone is 8. The van der Waals surface area contributed by atoms with Crippen molar-refractivity contribution in [1.82, 2.24) is 15.0 Å². The van der Waals surface area contributed by atoms with E-state index >= 15 is 0 Å². The van der Waals surface area contributed by atoms with E-state index in [4.69, 9.17) is 19.4 Å². The SMILES string of the molecule is C1=CC2C=CC(c3nc(-c4ccc(-c5ccccc5)cc4)nc(-c4cccc5oc6ccccc6c45)n3)=CC2C=C1. The van der Waals surface area contributed by atoms with Gasteiger partial charge in [0.1, 0.15) is 11.2 Å². The molecule has 4 aromatic carbocycles. The first-order valence-electron chi connectivity index (χ1n) is 13.9. The molecule has 8 rings (SSSR count). The van der Waals surface area contributed by atoms with E-state index in [0.717, 1.165) is 44.2 Å². The third-order valence-electron chi connectivity index (χ3n) is 7.88. The summed E-state index contributed by atoms with van der Waals surface area (Å²) < 4.78 is 6.18. The number of hydrogen-bond donors (Lipinski definition) is 0. The number of hydrogen-bond acceptors (Lipinski definition) is 4. The van der Waals surface area contributed by atoms with Gasteiger partial charge in [0.15, 0.2) is 17.5 Å². The van der Waals surface area contributed by atoms with Crippen LogP contribution < -0.4 is 0 Å². The maximum atomic E-state index is 6.18. The molecule has 0 amide bonds. The minimum Gasteiger partial charge on any atom is -0.456 e. The lowest BCUT2D eigenvalue weighted by Gasteiger charge is -2.22. The average molecular weight is 528 g/mol. The number of rotatable bonds is 4. The first-order valence-corrected chi connectivity index (χ1v) is 13.9. The number of furan rings is 1. The second-order valence-electron chi connectivity index (χ2n) is 10.4. The van der Waals surface area contributed by atoms with Gasteiger partial charge in [-0.25, -0.2) is 15.0 Å².